The van der Waals surface area contributed by atoms with Crippen LogP contribution in [0.1, 0.15) is 17.1 Å². The van der Waals surface area contributed by atoms with Crippen LogP contribution in [0.25, 0.3) is 6.01 Å². The van der Waals surface area contributed by atoms with Gasteiger partial charge in [-0.15, -0.1) is 11.6 Å². The van der Waals surface area contributed by atoms with E-state index in [1.54, 1.807) is 10.9 Å². The van der Waals surface area contributed by atoms with E-state index in [0.717, 1.165) is 11.4 Å². The number of oxazole rings is 1. The minimum absolute atomic E-state index is 0.350. The number of nitrogens with zero attached hydrogens (tertiary/aromatic N) is 3. The van der Waals surface area contributed by atoms with Crippen molar-refractivity contribution >= 4 is 11.6 Å². The minimum Gasteiger partial charge on any atom is -0.430 e. The number of hydrogen-bond acceptors (Lipinski definition) is 3. The zero-order valence-corrected chi connectivity index (χ0v) is 8.75. The smallest absolute Gasteiger partial charge is 0.323 e. The molecule has 0 saturated heterocycles. The van der Waals surface area contributed by atoms with Gasteiger partial charge in [0, 0.05) is 5.69 Å². The van der Waals surface area contributed by atoms with Gasteiger partial charge in [0.1, 0.15) is 6.26 Å². The van der Waals surface area contributed by atoms with E-state index in [-0.39, 0.29) is 0 Å². The lowest BCUT2D eigenvalue weighted by molar-refractivity contribution is 0.504. The van der Waals surface area contributed by atoms with Crippen LogP contribution < -0.4 is 0 Å². The molecular weight excluding hydrogens is 202 g/mol. The molecule has 14 heavy (non-hydrogen) atoms. The first-order valence-corrected chi connectivity index (χ1v) is 4.78. The zero-order chi connectivity index (χ0) is 10.1. The molecule has 0 saturated carbocycles. The van der Waals surface area contributed by atoms with Crippen molar-refractivity contribution in [2.24, 2.45) is 0 Å². The fourth-order valence-corrected chi connectivity index (χ4v) is 1.40. The standard InChI is InChI=1S/C9H10ClN3O/c1-6-3-7(2)13(12-6)9-11-8(4-10)5-14-9/h3,5H,4H2,1-2H3. The number of alkyl halides is 1. The summed E-state index contributed by atoms with van der Waals surface area (Å²) < 4.78 is 6.90. The normalized spacial score (nSPS) is 10.8. The lowest BCUT2D eigenvalue weighted by atomic mass is 10.4. The Morgan fingerprint density at radius 1 is 1.50 bits per heavy atom. The second-order valence-electron chi connectivity index (χ2n) is 3.09. The van der Waals surface area contributed by atoms with Crippen molar-refractivity contribution in [1.29, 1.82) is 0 Å². The van der Waals surface area contributed by atoms with Crippen LogP contribution in [-0.2, 0) is 5.88 Å². The van der Waals surface area contributed by atoms with Crippen molar-refractivity contribution in [3.63, 3.8) is 0 Å². The van der Waals surface area contributed by atoms with Crippen LogP contribution in [0.4, 0.5) is 0 Å². The Bertz CT molecular complexity index is 447. The number of aromatic nitrogens is 3. The van der Waals surface area contributed by atoms with Crippen LogP contribution in [0.2, 0.25) is 0 Å². The fraction of sp³-hybridized carbons (Fsp3) is 0.333. The van der Waals surface area contributed by atoms with Crippen LogP contribution in [0.3, 0.4) is 0 Å². The van der Waals surface area contributed by atoms with E-state index in [0.29, 0.717) is 17.6 Å². The molecule has 0 N–H and O–H groups in total. The maximum atomic E-state index is 5.62. The monoisotopic (exact) mass is 211 g/mol. The molecule has 2 rings (SSSR count). The molecule has 0 spiro atoms. The Morgan fingerprint density at radius 3 is 2.79 bits per heavy atom. The Labute approximate surface area is 86.5 Å². The minimum atomic E-state index is 0.350. The predicted octanol–water partition coefficient (Wildman–Crippen LogP) is 2.22. The highest BCUT2D eigenvalue weighted by Crippen LogP contribution is 2.12. The molecular formula is C9H10ClN3O. The van der Waals surface area contributed by atoms with Crippen LogP contribution in [-0.4, -0.2) is 14.8 Å². The Hall–Kier alpha value is -1.29. The van der Waals surface area contributed by atoms with Crippen molar-refractivity contribution < 1.29 is 4.42 Å². The highest BCUT2D eigenvalue weighted by atomic mass is 35.5. The lowest BCUT2D eigenvalue weighted by Crippen LogP contribution is -1.99. The molecule has 0 aromatic carbocycles. The molecule has 2 heterocycles. The third-order valence-corrected chi connectivity index (χ3v) is 2.14. The van der Waals surface area contributed by atoms with Crippen molar-refractivity contribution in [3.05, 3.63) is 29.4 Å². The van der Waals surface area contributed by atoms with E-state index in [1.165, 1.54) is 0 Å². The maximum absolute atomic E-state index is 5.62. The maximum Gasteiger partial charge on any atom is 0.323 e. The summed E-state index contributed by atoms with van der Waals surface area (Å²) in [6.07, 6.45) is 1.54. The first kappa shape index (κ1) is 9.27. The van der Waals surface area contributed by atoms with Gasteiger partial charge in [0.15, 0.2) is 0 Å². The van der Waals surface area contributed by atoms with Crippen LogP contribution >= 0.6 is 11.6 Å². The van der Waals surface area contributed by atoms with Crippen LogP contribution in [0.15, 0.2) is 16.7 Å². The van der Waals surface area contributed by atoms with E-state index in [1.807, 2.05) is 19.9 Å². The number of aryl methyl sites for hydroxylation is 2. The molecule has 74 valence electrons. The van der Waals surface area contributed by atoms with Crippen molar-refractivity contribution in [3.8, 4) is 6.01 Å². The molecule has 0 aliphatic carbocycles. The molecule has 4 nitrogen and oxygen atoms in total. The average molecular weight is 212 g/mol. The number of rotatable bonds is 2. The average Bonchev–Trinajstić information content (AvgIpc) is 2.71. The van der Waals surface area contributed by atoms with Gasteiger partial charge >= 0.3 is 6.01 Å². The summed E-state index contributed by atoms with van der Waals surface area (Å²) in [7, 11) is 0. The van der Waals surface area contributed by atoms with Gasteiger partial charge in [-0.1, -0.05) is 0 Å². The van der Waals surface area contributed by atoms with E-state index in [9.17, 15) is 0 Å². The first-order valence-electron chi connectivity index (χ1n) is 4.24. The predicted molar refractivity (Wildman–Crippen MR) is 52.7 cm³/mol. The van der Waals surface area contributed by atoms with Gasteiger partial charge < -0.3 is 4.42 Å². The number of halogens is 1. The Kier molecular flexibility index (Phi) is 2.29. The molecule has 0 bridgehead atoms. The molecule has 0 fully saturated rings. The highest BCUT2D eigenvalue weighted by Gasteiger charge is 2.09. The van der Waals surface area contributed by atoms with Gasteiger partial charge in [-0.2, -0.15) is 14.8 Å². The van der Waals surface area contributed by atoms with Gasteiger partial charge in [0.05, 0.1) is 17.3 Å². The topological polar surface area (TPSA) is 43.9 Å². The van der Waals surface area contributed by atoms with Crippen molar-refractivity contribution in [2.75, 3.05) is 0 Å². The van der Waals surface area contributed by atoms with Gasteiger partial charge in [0.2, 0.25) is 0 Å². The molecule has 0 amide bonds. The summed E-state index contributed by atoms with van der Waals surface area (Å²) in [6, 6.07) is 2.43. The second kappa shape index (κ2) is 3.46. The molecule has 2 aromatic rings. The van der Waals surface area contributed by atoms with E-state index in [2.05, 4.69) is 10.1 Å². The molecule has 0 aliphatic rings. The van der Waals surface area contributed by atoms with Gasteiger partial charge in [-0.05, 0) is 19.9 Å². The third kappa shape index (κ3) is 1.53. The summed E-state index contributed by atoms with van der Waals surface area (Å²) in [5, 5.41) is 4.25. The molecule has 2 aromatic heterocycles. The lowest BCUT2D eigenvalue weighted by Gasteiger charge is -1.95. The summed E-state index contributed by atoms with van der Waals surface area (Å²) in [5.41, 5.74) is 2.65. The SMILES string of the molecule is Cc1cc(C)n(-c2nc(CCl)co2)n1. The van der Waals surface area contributed by atoms with E-state index >= 15 is 0 Å². The van der Waals surface area contributed by atoms with Crippen LogP contribution in [0.5, 0.6) is 0 Å². The molecule has 0 aliphatic heterocycles. The molecule has 5 heteroatoms. The number of hydrogen-bond donors (Lipinski definition) is 0. The molecule has 0 radical (unpaired) electrons. The van der Waals surface area contributed by atoms with E-state index in [4.69, 9.17) is 16.0 Å². The quantitative estimate of drug-likeness (QED) is 0.716. The van der Waals surface area contributed by atoms with Crippen molar-refractivity contribution in [1.82, 2.24) is 14.8 Å². The van der Waals surface area contributed by atoms with Gasteiger partial charge in [-0.3, -0.25) is 0 Å². The molecule has 0 atom stereocenters. The Balaban J connectivity index is 2.43. The summed E-state index contributed by atoms with van der Waals surface area (Å²) >= 11 is 5.62. The van der Waals surface area contributed by atoms with Crippen molar-refractivity contribution in [2.45, 2.75) is 19.7 Å². The third-order valence-electron chi connectivity index (χ3n) is 1.87. The fourth-order valence-electron chi connectivity index (χ4n) is 1.28. The largest absolute Gasteiger partial charge is 0.430 e. The Morgan fingerprint density at radius 2 is 2.29 bits per heavy atom. The van der Waals surface area contributed by atoms with Gasteiger partial charge in [0.25, 0.3) is 0 Å². The summed E-state index contributed by atoms with van der Waals surface area (Å²) in [5.74, 6) is 0.350. The highest BCUT2D eigenvalue weighted by molar-refractivity contribution is 6.16. The molecule has 0 unspecified atom stereocenters. The van der Waals surface area contributed by atoms with E-state index < -0.39 is 0 Å². The second-order valence-corrected chi connectivity index (χ2v) is 3.36. The first-order chi connectivity index (χ1) is 6.70. The van der Waals surface area contributed by atoms with Gasteiger partial charge in [-0.25, -0.2) is 0 Å². The van der Waals surface area contributed by atoms with Crippen LogP contribution in [0, 0.1) is 13.8 Å². The zero-order valence-electron chi connectivity index (χ0n) is 7.99. The summed E-state index contributed by atoms with van der Waals surface area (Å²) in [4.78, 5) is 4.18. The summed E-state index contributed by atoms with van der Waals surface area (Å²) in [6.45, 7) is 3.87.